The van der Waals surface area contributed by atoms with E-state index in [1.165, 1.54) is 0 Å². The molecule has 5 aromatic rings. The fourth-order valence-electron chi connectivity index (χ4n) is 6.34. The molecule has 0 N–H and O–H groups in total. The van der Waals surface area contributed by atoms with Crippen molar-refractivity contribution in [2.24, 2.45) is 0 Å². The maximum absolute atomic E-state index is 13.4. The van der Waals surface area contributed by atoms with Gasteiger partial charge in [0, 0.05) is 59.6 Å². The number of rotatable bonds is 5. The third-order valence-electron chi connectivity index (χ3n) is 8.40. The van der Waals surface area contributed by atoms with E-state index >= 15 is 0 Å². The van der Waals surface area contributed by atoms with Gasteiger partial charge in [0.05, 0.1) is 36.5 Å². The standard InChI is InChI=1S/C33H29N7O2/c1-21-13-23(11-12-35-21)25-14-30(32-26(15-34)17-37-39(32)18-25)24-5-10-31(36-16-24)38-19-27-6-7-28(20-38)40(27)33(41)22-3-8-29(42-2)9-4-22/h3-5,8-14,16-18,27-28H,6-7,19-20H2,1-2H3. The number of piperazine rings is 1. The lowest BCUT2D eigenvalue weighted by atomic mass is 10.00. The van der Waals surface area contributed by atoms with Crippen molar-refractivity contribution in [3.63, 3.8) is 0 Å². The van der Waals surface area contributed by atoms with E-state index < -0.39 is 0 Å². The van der Waals surface area contributed by atoms with Crippen molar-refractivity contribution in [1.82, 2.24) is 24.5 Å². The van der Waals surface area contributed by atoms with Gasteiger partial charge in [-0.3, -0.25) is 9.78 Å². The van der Waals surface area contributed by atoms with E-state index in [2.05, 4.69) is 38.1 Å². The van der Waals surface area contributed by atoms with Crippen molar-refractivity contribution in [2.75, 3.05) is 25.1 Å². The Morgan fingerprint density at radius 1 is 0.952 bits per heavy atom. The number of hydrogen-bond donors (Lipinski definition) is 0. The molecule has 2 fully saturated rings. The van der Waals surface area contributed by atoms with Gasteiger partial charge in [0.15, 0.2) is 0 Å². The zero-order chi connectivity index (χ0) is 28.8. The van der Waals surface area contributed by atoms with Crippen molar-refractivity contribution in [3.8, 4) is 34.1 Å². The number of aryl methyl sites for hydroxylation is 1. The molecule has 1 amide bonds. The third kappa shape index (κ3) is 4.41. The Morgan fingerprint density at radius 2 is 1.74 bits per heavy atom. The summed E-state index contributed by atoms with van der Waals surface area (Å²) in [7, 11) is 1.62. The van der Waals surface area contributed by atoms with Crippen LogP contribution in [0.25, 0.3) is 27.8 Å². The molecule has 1 aromatic carbocycles. The largest absolute Gasteiger partial charge is 0.497 e. The van der Waals surface area contributed by atoms with Crippen LogP contribution >= 0.6 is 0 Å². The van der Waals surface area contributed by atoms with Crippen LogP contribution in [0.2, 0.25) is 0 Å². The van der Waals surface area contributed by atoms with Gasteiger partial charge >= 0.3 is 0 Å². The van der Waals surface area contributed by atoms with E-state index in [-0.39, 0.29) is 18.0 Å². The smallest absolute Gasteiger partial charge is 0.254 e. The summed E-state index contributed by atoms with van der Waals surface area (Å²) in [5, 5.41) is 14.2. The molecule has 2 saturated heterocycles. The number of pyridine rings is 3. The first-order chi connectivity index (χ1) is 20.5. The Hall–Kier alpha value is -5.23. The molecule has 208 valence electrons. The highest BCUT2D eigenvalue weighted by molar-refractivity contribution is 5.95. The summed E-state index contributed by atoms with van der Waals surface area (Å²) in [6.45, 7) is 3.45. The predicted octanol–water partition coefficient (Wildman–Crippen LogP) is 5.14. The zero-order valence-corrected chi connectivity index (χ0v) is 23.4. The number of nitriles is 1. The van der Waals surface area contributed by atoms with Gasteiger partial charge in [0.2, 0.25) is 0 Å². The van der Waals surface area contributed by atoms with Gasteiger partial charge in [-0.25, -0.2) is 9.50 Å². The lowest BCUT2D eigenvalue weighted by Gasteiger charge is -2.41. The lowest BCUT2D eigenvalue weighted by molar-refractivity contribution is 0.0641. The lowest BCUT2D eigenvalue weighted by Crippen LogP contribution is -2.56. The molecule has 9 nitrogen and oxygen atoms in total. The predicted molar refractivity (Wildman–Crippen MR) is 159 cm³/mol. The molecule has 7 rings (SSSR count). The van der Waals surface area contributed by atoms with Crippen LogP contribution < -0.4 is 9.64 Å². The number of carbonyl (C=O) groups excluding carboxylic acids is 1. The average molecular weight is 556 g/mol. The van der Waals surface area contributed by atoms with Crippen molar-refractivity contribution in [3.05, 3.63) is 96.2 Å². The van der Waals surface area contributed by atoms with Crippen LogP contribution in [0.1, 0.15) is 34.5 Å². The summed E-state index contributed by atoms with van der Waals surface area (Å²) in [6.07, 6.45) is 9.18. The number of anilines is 1. The molecule has 2 aliphatic heterocycles. The molecular weight excluding hydrogens is 526 g/mol. The molecule has 2 atom stereocenters. The number of amides is 1. The van der Waals surface area contributed by atoms with E-state index in [0.717, 1.165) is 71.0 Å². The summed E-state index contributed by atoms with van der Waals surface area (Å²) in [5.74, 6) is 1.71. The Labute approximate surface area is 243 Å². The van der Waals surface area contributed by atoms with Crippen LogP contribution in [-0.4, -0.2) is 62.7 Å². The number of hydrogen-bond acceptors (Lipinski definition) is 7. The molecule has 2 unspecified atom stereocenters. The van der Waals surface area contributed by atoms with Crippen molar-refractivity contribution in [2.45, 2.75) is 31.8 Å². The van der Waals surface area contributed by atoms with Gasteiger partial charge in [0.1, 0.15) is 17.6 Å². The number of carbonyl (C=O) groups is 1. The van der Waals surface area contributed by atoms with Gasteiger partial charge in [-0.05, 0) is 79.9 Å². The summed E-state index contributed by atoms with van der Waals surface area (Å²) in [4.78, 5) is 27.0. The molecular formula is C33H29N7O2. The SMILES string of the molecule is COc1ccc(C(=O)N2C3CCC2CN(c2ccc(-c4cc(-c5ccnc(C)c5)cn5ncc(C#N)c45)cn2)C3)cc1. The minimum absolute atomic E-state index is 0.0792. The minimum Gasteiger partial charge on any atom is -0.497 e. The zero-order valence-electron chi connectivity index (χ0n) is 23.4. The molecule has 4 aromatic heterocycles. The van der Waals surface area contributed by atoms with E-state index in [0.29, 0.717) is 11.1 Å². The fraction of sp³-hybridized carbons (Fsp3) is 0.242. The second-order valence-corrected chi connectivity index (χ2v) is 10.9. The number of ether oxygens (including phenoxy) is 1. The Morgan fingerprint density at radius 3 is 2.40 bits per heavy atom. The van der Waals surface area contributed by atoms with E-state index in [4.69, 9.17) is 9.72 Å². The Bertz CT molecular complexity index is 1830. The molecule has 9 heteroatoms. The first kappa shape index (κ1) is 25.7. The van der Waals surface area contributed by atoms with Gasteiger partial charge in [-0.15, -0.1) is 0 Å². The summed E-state index contributed by atoms with van der Waals surface area (Å²) >= 11 is 0. The van der Waals surface area contributed by atoms with Crippen molar-refractivity contribution in [1.29, 1.82) is 5.26 Å². The molecule has 0 radical (unpaired) electrons. The van der Waals surface area contributed by atoms with Crippen LogP contribution in [0.5, 0.6) is 5.75 Å². The van der Waals surface area contributed by atoms with E-state index in [1.807, 2.05) is 61.8 Å². The minimum atomic E-state index is 0.0792. The normalized spacial score (nSPS) is 17.8. The van der Waals surface area contributed by atoms with Crippen LogP contribution in [0.4, 0.5) is 5.82 Å². The number of benzene rings is 1. The van der Waals surface area contributed by atoms with Gasteiger partial charge in [0.25, 0.3) is 5.91 Å². The first-order valence-electron chi connectivity index (χ1n) is 14.0. The van der Waals surface area contributed by atoms with E-state index in [1.54, 1.807) is 24.0 Å². The van der Waals surface area contributed by atoms with Crippen molar-refractivity contribution >= 4 is 17.2 Å². The van der Waals surface area contributed by atoms with Crippen LogP contribution in [0.3, 0.4) is 0 Å². The molecule has 42 heavy (non-hydrogen) atoms. The summed E-state index contributed by atoms with van der Waals surface area (Å²) in [5.41, 5.74) is 6.70. The monoisotopic (exact) mass is 555 g/mol. The second-order valence-electron chi connectivity index (χ2n) is 10.9. The molecule has 2 bridgehead atoms. The topological polar surface area (TPSA) is 99.6 Å². The number of aromatic nitrogens is 4. The van der Waals surface area contributed by atoms with Crippen molar-refractivity contribution < 1.29 is 9.53 Å². The molecule has 0 saturated carbocycles. The summed E-state index contributed by atoms with van der Waals surface area (Å²) < 4.78 is 7.02. The Balaban J connectivity index is 1.16. The second kappa shape index (κ2) is 10.3. The molecule has 0 spiro atoms. The van der Waals surface area contributed by atoms with E-state index in [9.17, 15) is 10.1 Å². The van der Waals surface area contributed by atoms with Crippen LogP contribution in [0.15, 0.2) is 79.4 Å². The van der Waals surface area contributed by atoms with Crippen LogP contribution in [-0.2, 0) is 0 Å². The summed E-state index contributed by atoms with van der Waals surface area (Å²) in [6, 6.07) is 20.1. The number of nitrogens with zero attached hydrogens (tertiary/aromatic N) is 7. The highest BCUT2D eigenvalue weighted by Crippen LogP contribution is 2.36. The highest BCUT2D eigenvalue weighted by atomic mass is 16.5. The quantitative estimate of drug-likeness (QED) is 0.296. The Kier molecular flexibility index (Phi) is 6.31. The molecule has 0 aliphatic carbocycles. The fourth-order valence-corrected chi connectivity index (χ4v) is 6.34. The molecule has 2 aliphatic rings. The number of fused-ring (bicyclic) bond motifs is 3. The highest BCUT2D eigenvalue weighted by Gasteiger charge is 2.43. The first-order valence-corrected chi connectivity index (χ1v) is 14.0. The third-order valence-corrected chi connectivity index (χ3v) is 8.40. The van der Waals surface area contributed by atoms with Gasteiger partial charge in [-0.1, -0.05) is 0 Å². The van der Waals surface area contributed by atoms with Crippen LogP contribution in [0, 0.1) is 18.3 Å². The maximum Gasteiger partial charge on any atom is 0.254 e. The maximum atomic E-state index is 13.4. The van der Waals surface area contributed by atoms with Gasteiger partial charge < -0.3 is 14.5 Å². The van der Waals surface area contributed by atoms with Gasteiger partial charge in [-0.2, -0.15) is 10.4 Å². The molecule has 6 heterocycles. The number of methoxy groups -OCH3 is 1. The average Bonchev–Trinajstić information content (AvgIpc) is 3.57.